The first-order valence-electron chi connectivity index (χ1n) is 5.86. The lowest BCUT2D eigenvalue weighted by Crippen LogP contribution is -2.43. The fraction of sp³-hybridized carbons (Fsp3) is 0.500. The number of halogens is 1. The Labute approximate surface area is 113 Å². The second-order valence-electron chi connectivity index (χ2n) is 4.54. The number of anilines is 1. The number of piperidine rings is 1. The van der Waals surface area contributed by atoms with Crippen LogP contribution in [0, 0.1) is 0 Å². The number of nitrogens with zero attached hydrogens (tertiary/aromatic N) is 2. The molecule has 1 saturated heterocycles. The van der Waals surface area contributed by atoms with Crippen LogP contribution >= 0.6 is 12.4 Å². The van der Waals surface area contributed by atoms with Crippen LogP contribution < -0.4 is 21.9 Å². The molecule has 0 spiro atoms. The van der Waals surface area contributed by atoms with Gasteiger partial charge in [0.25, 0.3) is 5.56 Å². The molecule has 8 nitrogen and oxygen atoms in total. The van der Waals surface area contributed by atoms with Gasteiger partial charge in [0.05, 0.1) is 0 Å². The number of H-pyrrole nitrogens is 3. The molecule has 104 valence electrons. The average Bonchev–Trinajstić information content (AvgIpc) is 2.73. The van der Waals surface area contributed by atoms with E-state index in [9.17, 15) is 9.59 Å². The monoisotopic (exact) mass is 286 g/mol. The van der Waals surface area contributed by atoms with Gasteiger partial charge in [-0.1, -0.05) is 0 Å². The van der Waals surface area contributed by atoms with Crippen molar-refractivity contribution in [3.05, 3.63) is 20.8 Å². The summed E-state index contributed by atoms with van der Waals surface area (Å²) >= 11 is 0. The van der Waals surface area contributed by atoms with Gasteiger partial charge in [0, 0.05) is 19.1 Å². The molecule has 0 aromatic carbocycles. The number of hydrogen-bond donors (Lipinski definition) is 4. The lowest BCUT2D eigenvalue weighted by atomic mass is 10.1. The van der Waals surface area contributed by atoms with E-state index in [2.05, 4.69) is 19.9 Å². The van der Waals surface area contributed by atoms with E-state index in [1.807, 2.05) is 4.90 Å². The molecule has 5 N–H and O–H groups in total. The molecule has 0 bridgehead atoms. The van der Waals surface area contributed by atoms with Crippen molar-refractivity contribution in [3.8, 4) is 0 Å². The van der Waals surface area contributed by atoms with Gasteiger partial charge in [-0.05, 0) is 12.8 Å². The summed E-state index contributed by atoms with van der Waals surface area (Å²) in [4.78, 5) is 36.5. The van der Waals surface area contributed by atoms with Crippen LogP contribution in [0.2, 0.25) is 0 Å². The molecule has 9 heteroatoms. The van der Waals surface area contributed by atoms with Crippen molar-refractivity contribution in [2.75, 3.05) is 18.0 Å². The topological polar surface area (TPSA) is 124 Å². The van der Waals surface area contributed by atoms with Crippen LogP contribution in [0.1, 0.15) is 12.8 Å². The molecule has 0 saturated carbocycles. The summed E-state index contributed by atoms with van der Waals surface area (Å²) in [5, 5.41) is 0. The Balaban J connectivity index is 0.00000133. The van der Waals surface area contributed by atoms with Crippen LogP contribution in [0.15, 0.2) is 9.59 Å². The van der Waals surface area contributed by atoms with Gasteiger partial charge < -0.3 is 15.6 Å². The zero-order chi connectivity index (χ0) is 12.7. The number of aromatic nitrogens is 4. The number of hydrogen-bond acceptors (Lipinski definition) is 5. The van der Waals surface area contributed by atoms with Crippen molar-refractivity contribution in [1.29, 1.82) is 0 Å². The molecule has 0 unspecified atom stereocenters. The molecule has 0 aliphatic carbocycles. The average molecular weight is 287 g/mol. The number of fused-ring (bicyclic) bond motifs is 1. The lowest BCUT2D eigenvalue weighted by Gasteiger charge is -2.30. The number of nitrogens with two attached hydrogens (primary N) is 1. The smallest absolute Gasteiger partial charge is 0.327 e. The SMILES string of the molecule is Cl.N[C@@H]1CCCN(c2nc3[nH]c(=O)[nH]c(=O)c3[nH]2)C1. The van der Waals surface area contributed by atoms with E-state index in [1.54, 1.807) is 0 Å². The highest BCUT2D eigenvalue weighted by atomic mass is 35.5. The lowest BCUT2D eigenvalue weighted by molar-refractivity contribution is 0.501. The fourth-order valence-corrected chi connectivity index (χ4v) is 2.27. The summed E-state index contributed by atoms with van der Waals surface area (Å²) in [5.41, 5.74) is 5.44. The second kappa shape index (κ2) is 5.06. The summed E-state index contributed by atoms with van der Waals surface area (Å²) in [6.45, 7) is 1.54. The van der Waals surface area contributed by atoms with Crippen LogP contribution in [0.4, 0.5) is 5.95 Å². The van der Waals surface area contributed by atoms with Gasteiger partial charge in [-0.3, -0.25) is 14.8 Å². The van der Waals surface area contributed by atoms with Gasteiger partial charge in [-0.15, -0.1) is 12.4 Å². The van der Waals surface area contributed by atoms with Gasteiger partial charge in [-0.2, -0.15) is 4.98 Å². The molecular weight excluding hydrogens is 272 g/mol. The molecule has 1 atom stereocenters. The summed E-state index contributed by atoms with van der Waals surface area (Å²) in [5.74, 6) is 0.576. The molecular formula is C10H15ClN6O2. The molecule has 3 rings (SSSR count). The maximum atomic E-state index is 11.6. The minimum Gasteiger partial charge on any atom is -0.341 e. The van der Waals surface area contributed by atoms with Gasteiger partial charge >= 0.3 is 5.69 Å². The van der Waals surface area contributed by atoms with Crippen molar-refractivity contribution in [3.63, 3.8) is 0 Å². The standard InChI is InChI=1S/C10H14N6O2.ClH/c11-5-2-1-3-16(4-5)9-12-6-7(13-9)14-10(18)15-8(6)17;/h5H,1-4,11H2,(H3,12,13,14,15,17,18);1H/t5-;/m1./s1. The molecule has 2 aromatic heterocycles. The van der Waals surface area contributed by atoms with Crippen LogP contribution in [-0.2, 0) is 0 Å². The van der Waals surface area contributed by atoms with Gasteiger partial charge in [0.2, 0.25) is 5.95 Å². The highest BCUT2D eigenvalue weighted by Crippen LogP contribution is 2.17. The minimum atomic E-state index is -0.555. The first-order chi connectivity index (χ1) is 8.63. The third kappa shape index (κ3) is 2.49. The van der Waals surface area contributed by atoms with E-state index < -0.39 is 11.2 Å². The van der Waals surface area contributed by atoms with Crippen LogP contribution in [-0.4, -0.2) is 39.1 Å². The Kier molecular flexibility index (Phi) is 3.63. The first kappa shape index (κ1) is 13.6. The molecule has 1 fully saturated rings. The van der Waals surface area contributed by atoms with E-state index in [0.29, 0.717) is 12.5 Å². The van der Waals surface area contributed by atoms with Crippen molar-refractivity contribution >= 4 is 29.5 Å². The van der Waals surface area contributed by atoms with Gasteiger partial charge in [-0.25, -0.2) is 4.79 Å². The molecule has 1 aliphatic rings. The maximum Gasteiger partial charge on any atom is 0.327 e. The summed E-state index contributed by atoms with van der Waals surface area (Å²) in [6.07, 6.45) is 1.99. The number of rotatable bonds is 1. The van der Waals surface area contributed by atoms with Crippen molar-refractivity contribution in [2.45, 2.75) is 18.9 Å². The molecule has 0 amide bonds. The van der Waals surface area contributed by atoms with Crippen LogP contribution in [0.25, 0.3) is 11.2 Å². The van der Waals surface area contributed by atoms with Crippen molar-refractivity contribution in [1.82, 2.24) is 19.9 Å². The molecule has 3 heterocycles. The number of imidazole rings is 1. The summed E-state index contributed by atoms with van der Waals surface area (Å²) in [6, 6.07) is 0.115. The third-order valence-electron chi connectivity index (χ3n) is 3.13. The first-order valence-corrected chi connectivity index (χ1v) is 5.86. The van der Waals surface area contributed by atoms with Crippen LogP contribution in [0.5, 0.6) is 0 Å². The minimum absolute atomic E-state index is 0. The predicted octanol–water partition coefficient (Wildman–Crippen LogP) is -0.711. The van der Waals surface area contributed by atoms with Crippen LogP contribution in [0.3, 0.4) is 0 Å². The predicted molar refractivity (Wildman–Crippen MR) is 74.0 cm³/mol. The molecule has 19 heavy (non-hydrogen) atoms. The Morgan fingerprint density at radius 2 is 2.05 bits per heavy atom. The normalized spacial score (nSPS) is 19.4. The highest BCUT2D eigenvalue weighted by molar-refractivity contribution is 5.85. The zero-order valence-corrected chi connectivity index (χ0v) is 10.9. The third-order valence-corrected chi connectivity index (χ3v) is 3.13. The van der Waals surface area contributed by atoms with E-state index in [4.69, 9.17) is 5.73 Å². The fourth-order valence-electron chi connectivity index (χ4n) is 2.27. The van der Waals surface area contributed by atoms with Crippen molar-refractivity contribution < 1.29 is 0 Å². The summed E-state index contributed by atoms with van der Waals surface area (Å²) in [7, 11) is 0. The highest BCUT2D eigenvalue weighted by Gasteiger charge is 2.20. The molecule has 2 aromatic rings. The van der Waals surface area contributed by atoms with E-state index in [1.165, 1.54) is 0 Å². The van der Waals surface area contributed by atoms with Gasteiger partial charge in [0.15, 0.2) is 11.2 Å². The maximum absolute atomic E-state index is 11.6. The van der Waals surface area contributed by atoms with Crippen molar-refractivity contribution in [2.24, 2.45) is 5.73 Å². The second-order valence-corrected chi connectivity index (χ2v) is 4.54. The van der Waals surface area contributed by atoms with Gasteiger partial charge in [0.1, 0.15) is 0 Å². The van der Waals surface area contributed by atoms with E-state index >= 15 is 0 Å². The summed E-state index contributed by atoms with van der Waals surface area (Å²) < 4.78 is 0. The Morgan fingerprint density at radius 3 is 2.79 bits per heavy atom. The van der Waals surface area contributed by atoms with E-state index in [-0.39, 0.29) is 29.6 Å². The zero-order valence-electron chi connectivity index (χ0n) is 10.1. The largest absolute Gasteiger partial charge is 0.341 e. The Hall–Kier alpha value is -1.80. The number of nitrogens with one attached hydrogen (secondary N) is 3. The molecule has 0 radical (unpaired) electrons. The Bertz CT molecular complexity index is 689. The Morgan fingerprint density at radius 1 is 1.26 bits per heavy atom. The number of aromatic amines is 3. The quantitative estimate of drug-likeness (QED) is 0.551. The molecule has 1 aliphatic heterocycles. The van der Waals surface area contributed by atoms with E-state index in [0.717, 1.165) is 19.4 Å².